The SMILES string of the molecule is CC(C)Cc1nnc(NS(=O)(=O)c2ccc(C(=O)O)s2)s1. The Labute approximate surface area is 129 Å². The van der Waals surface area contributed by atoms with E-state index in [9.17, 15) is 13.2 Å². The van der Waals surface area contributed by atoms with E-state index in [4.69, 9.17) is 5.11 Å². The molecular weight excluding hydrogens is 334 g/mol. The number of nitrogens with one attached hydrogen (secondary N) is 1. The molecule has 0 saturated carbocycles. The van der Waals surface area contributed by atoms with Crippen LogP contribution in [0.1, 0.15) is 28.5 Å². The number of carbonyl (C=O) groups is 1. The van der Waals surface area contributed by atoms with Crippen molar-refractivity contribution in [2.75, 3.05) is 4.72 Å². The predicted octanol–water partition coefficient (Wildman–Crippen LogP) is 2.30. The fourth-order valence-electron chi connectivity index (χ4n) is 1.47. The third-order valence-corrected chi connectivity index (χ3v) is 6.22. The summed E-state index contributed by atoms with van der Waals surface area (Å²) in [6.45, 7) is 4.06. The van der Waals surface area contributed by atoms with E-state index < -0.39 is 16.0 Å². The van der Waals surface area contributed by atoms with Crippen LogP contribution in [0.4, 0.5) is 5.13 Å². The highest BCUT2D eigenvalue weighted by molar-refractivity contribution is 7.94. The number of hydrogen-bond acceptors (Lipinski definition) is 7. The van der Waals surface area contributed by atoms with Crippen molar-refractivity contribution in [3.63, 3.8) is 0 Å². The molecule has 114 valence electrons. The molecule has 0 aliphatic heterocycles. The molecule has 7 nitrogen and oxygen atoms in total. The molecule has 0 amide bonds. The molecule has 0 aliphatic rings. The number of nitrogens with zero attached hydrogens (tertiary/aromatic N) is 2. The van der Waals surface area contributed by atoms with Crippen LogP contribution in [0, 0.1) is 5.92 Å². The van der Waals surface area contributed by atoms with E-state index in [1.54, 1.807) is 0 Å². The first kappa shape index (κ1) is 15.9. The van der Waals surface area contributed by atoms with Crippen LogP contribution in [-0.4, -0.2) is 29.7 Å². The van der Waals surface area contributed by atoms with Gasteiger partial charge in [0.05, 0.1) is 0 Å². The van der Waals surface area contributed by atoms with Crippen LogP contribution in [0.15, 0.2) is 16.3 Å². The summed E-state index contributed by atoms with van der Waals surface area (Å²) in [6.07, 6.45) is 0.724. The van der Waals surface area contributed by atoms with Crippen LogP contribution in [0.3, 0.4) is 0 Å². The van der Waals surface area contributed by atoms with E-state index >= 15 is 0 Å². The maximum absolute atomic E-state index is 12.1. The highest BCUT2D eigenvalue weighted by Crippen LogP contribution is 2.26. The largest absolute Gasteiger partial charge is 0.477 e. The summed E-state index contributed by atoms with van der Waals surface area (Å²) in [6, 6.07) is 2.51. The molecule has 2 aromatic rings. The molecular formula is C11H13N3O4S3. The molecule has 2 N–H and O–H groups in total. The first-order chi connectivity index (χ1) is 9.78. The molecule has 0 fully saturated rings. The molecule has 10 heteroatoms. The number of aromatic nitrogens is 2. The summed E-state index contributed by atoms with van der Waals surface area (Å²) >= 11 is 1.86. The van der Waals surface area contributed by atoms with Crippen LogP contribution in [0.2, 0.25) is 0 Å². The average Bonchev–Trinajstić information content (AvgIpc) is 2.97. The van der Waals surface area contributed by atoms with Gasteiger partial charge in [0.2, 0.25) is 5.13 Å². The standard InChI is InChI=1S/C11H13N3O4S3/c1-6(2)5-8-12-13-11(20-8)14-21(17,18)9-4-3-7(19-9)10(15)16/h3-4,6H,5H2,1-2H3,(H,13,14)(H,15,16). The van der Waals surface area contributed by atoms with Crippen molar-refractivity contribution >= 4 is 43.8 Å². The zero-order chi connectivity index (χ0) is 15.6. The van der Waals surface area contributed by atoms with Crippen molar-refractivity contribution in [2.45, 2.75) is 24.5 Å². The molecule has 0 atom stereocenters. The number of rotatable bonds is 6. The van der Waals surface area contributed by atoms with Crippen molar-refractivity contribution in [2.24, 2.45) is 5.92 Å². The lowest BCUT2D eigenvalue weighted by atomic mass is 10.1. The van der Waals surface area contributed by atoms with Crippen molar-refractivity contribution < 1.29 is 18.3 Å². The molecule has 2 heterocycles. The fraction of sp³-hybridized carbons (Fsp3) is 0.364. The van der Waals surface area contributed by atoms with Gasteiger partial charge < -0.3 is 5.11 Å². The Hall–Kier alpha value is -1.52. The summed E-state index contributed by atoms with van der Waals surface area (Å²) in [5, 5.41) is 17.4. The van der Waals surface area contributed by atoms with Gasteiger partial charge in [0, 0.05) is 6.42 Å². The normalized spacial score (nSPS) is 11.8. The van der Waals surface area contributed by atoms with Gasteiger partial charge in [-0.3, -0.25) is 4.72 Å². The summed E-state index contributed by atoms with van der Waals surface area (Å²) in [4.78, 5) is 10.7. The average molecular weight is 347 g/mol. The number of hydrogen-bond donors (Lipinski definition) is 2. The third-order valence-electron chi connectivity index (χ3n) is 2.33. The zero-order valence-corrected chi connectivity index (χ0v) is 13.7. The second kappa shape index (κ2) is 6.08. The molecule has 0 radical (unpaired) electrons. The number of thiophene rings is 1. The van der Waals surface area contributed by atoms with Gasteiger partial charge >= 0.3 is 5.97 Å². The Morgan fingerprint density at radius 2 is 2.05 bits per heavy atom. The molecule has 21 heavy (non-hydrogen) atoms. The van der Waals surface area contributed by atoms with Gasteiger partial charge in [0.25, 0.3) is 10.0 Å². The molecule has 0 spiro atoms. The van der Waals surface area contributed by atoms with Crippen LogP contribution in [-0.2, 0) is 16.4 Å². The van der Waals surface area contributed by atoms with Crippen molar-refractivity contribution in [1.82, 2.24) is 10.2 Å². The molecule has 2 aromatic heterocycles. The molecule has 0 saturated heterocycles. The zero-order valence-electron chi connectivity index (χ0n) is 11.2. The summed E-state index contributed by atoms with van der Waals surface area (Å²) < 4.78 is 26.5. The molecule has 0 aromatic carbocycles. The Morgan fingerprint density at radius 1 is 1.33 bits per heavy atom. The van der Waals surface area contributed by atoms with Gasteiger partial charge in [0.1, 0.15) is 14.1 Å². The minimum Gasteiger partial charge on any atom is -0.477 e. The van der Waals surface area contributed by atoms with E-state index in [0.717, 1.165) is 11.4 Å². The van der Waals surface area contributed by atoms with Gasteiger partial charge in [-0.2, -0.15) is 0 Å². The van der Waals surface area contributed by atoms with Crippen molar-refractivity contribution in [3.8, 4) is 0 Å². The fourth-order valence-corrected chi connectivity index (χ4v) is 4.80. The van der Waals surface area contributed by atoms with E-state index in [2.05, 4.69) is 14.9 Å². The Bertz CT molecular complexity index is 748. The molecule has 2 rings (SSSR count). The maximum Gasteiger partial charge on any atom is 0.345 e. The van der Waals surface area contributed by atoms with Gasteiger partial charge in [-0.05, 0) is 18.1 Å². The summed E-state index contributed by atoms with van der Waals surface area (Å²) in [7, 11) is -3.83. The van der Waals surface area contributed by atoms with Crippen LogP contribution >= 0.6 is 22.7 Å². The van der Waals surface area contributed by atoms with Crippen LogP contribution in [0.5, 0.6) is 0 Å². The predicted molar refractivity (Wildman–Crippen MR) is 80.5 cm³/mol. The Balaban J connectivity index is 2.16. The van der Waals surface area contributed by atoms with E-state index in [0.29, 0.717) is 17.3 Å². The molecule has 0 aliphatic carbocycles. The summed E-state index contributed by atoms with van der Waals surface area (Å²) in [5.74, 6) is -0.755. The van der Waals surface area contributed by atoms with Gasteiger partial charge in [-0.25, -0.2) is 13.2 Å². The van der Waals surface area contributed by atoms with Crippen LogP contribution in [0.25, 0.3) is 0 Å². The minimum atomic E-state index is -3.83. The quantitative estimate of drug-likeness (QED) is 0.830. The van der Waals surface area contributed by atoms with E-state index in [1.807, 2.05) is 13.8 Å². The van der Waals surface area contributed by atoms with E-state index in [-0.39, 0.29) is 14.2 Å². The number of anilines is 1. The smallest absolute Gasteiger partial charge is 0.345 e. The number of carboxylic acid groups (broad SMARTS) is 1. The number of sulfonamides is 1. The highest BCUT2D eigenvalue weighted by atomic mass is 32.2. The molecule has 0 bridgehead atoms. The van der Waals surface area contributed by atoms with Crippen molar-refractivity contribution in [1.29, 1.82) is 0 Å². The maximum atomic E-state index is 12.1. The second-order valence-electron chi connectivity index (χ2n) is 4.63. The van der Waals surface area contributed by atoms with Gasteiger partial charge in [-0.1, -0.05) is 25.2 Å². The number of carboxylic acids is 1. The van der Waals surface area contributed by atoms with E-state index in [1.165, 1.54) is 23.5 Å². The lowest BCUT2D eigenvalue weighted by Gasteiger charge is -2.01. The lowest BCUT2D eigenvalue weighted by molar-refractivity contribution is 0.0702. The Kier molecular flexibility index (Phi) is 4.59. The topological polar surface area (TPSA) is 109 Å². The first-order valence-corrected chi connectivity index (χ1v) is 9.08. The van der Waals surface area contributed by atoms with Crippen molar-refractivity contribution in [3.05, 3.63) is 22.0 Å². The van der Waals surface area contributed by atoms with Crippen LogP contribution < -0.4 is 4.72 Å². The second-order valence-corrected chi connectivity index (χ2v) is 8.68. The Morgan fingerprint density at radius 3 is 2.62 bits per heavy atom. The highest BCUT2D eigenvalue weighted by Gasteiger charge is 2.21. The monoisotopic (exact) mass is 347 g/mol. The summed E-state index contributed by atoms with van der Waals surface area (Å²) in [5.41, 5.74) is 0. The number of aromatic carboxylic acids is 1. The third kappa shape index (κ3) is 3.99. The first-order valence-electron chi connectivity index (χ1n) is 5.96. The minimum absolute atomic E-state index is 0.0341. The molecule has 0 unspecified atom stereocenters. The van der Waals surface area contributed by atoms with Gasteiger partial charge in [0.15, 0.2) is 0 Å². The van der Waals surface area contributed by atoms with Gasteiger partial charge in [-0.15, -0.1) is 21.5 Å². The lowest BCUT2D eigenvalue weighted by Crippen LogP contribution is -2.11.